The minimum absolute atomic E-state index is 0.551. The maximum absolute atomic E-state index is 11.3. The highest BCUT2D eigenvalue weighted by Crippen LogP contribution is 2.24. The molecule has 1 aliphatic heterocycles. The number of hydrogen-bond acceptors (Lipinski definition) is 2. The molecule has 3 nitrogen and oxygen atoms in total. The molecule has 0 spiro atoms. The maximum atomic E-state index is 11.3. The molecule has 0 N–H and O–H groups in total. The summed E-state index contributed by atoms with van der Waals surface area (Å²) in [6, 6.07) is 0. The normalized spacial score (nSPS) is 18.8. The number of rotatable bonds is 4. The summed E-state index contributed by atoms with van der Waals surface area (Å²) in [5.74, 6) is 0. The Morgan fingerprint density at radius 1 is 1.42 bits per heavy atom. The van der Waals surface area contributed by atoms with Crippen LogP contribution >= 0.6 is 0 Å². The minimum Gasteiger partial charge on any atom is -0.622 e. The van der Waals surface area contributed by atoms with E-state index < -0.39 is 5.66 Å². The summed E-state index contributed by atoms with van der Waals surface area (Å²) < 4.78 is 0.857. The van der Waals surface area contributed by atoms with Gasteiger partial charge in [-0.15, -0.1) is 13.2 Å². The van der Waals surface area contributed by atoms with Gasteiger partial charge in [0.1, 0.15) is 0 Å². The Hall–Kier alpha value is -1.38. The lowest BCUT2D eigenvalue weighted by Crippen LogP contribution is -2.33. The molecule has 0 aromatic carbocycles. The fourth-order valence-corrected chi connectivity index (χ4v) is 1.26. The Bertz CT molecular complexity index is 243. The van der Waals surface area contributed by atoms with E-state index in [1.54, 1.807) is 12.2 Å². The van der Waals surface area contributed by atoms with Crippen LogP contribution in [0, 0.1) is 5.21 Å². The first-order valence-electron chi connectivity index (χ1n) is 3.82. The Morgan fingerprint density at radius 3 is 2.33 bits per heavy atom. The first kappa shape index (κ1) is 8.71. The van der Waals surface area contributed by atoms with Crippen molar-refractivity contribution in [2.24, 2.45) is 4.99 Å². The van der Waals surface area contributed by atoms with E-state index >= 15 is 0 Å². The van der Waals surface area contributed by atoms with Crippen LogP contribution in [0.15, 0.2) is 30.3 Å². The first-order chi connectivity index (χ1) is 5.75. The summed E-state index contributed by atoms with van der Waals surface area (Å²) in [7, 11) is 0. The van der Waals surface area contributed by atoms with Crippen LogP contribution in [0.1, 0.15) is 12.8 Å². The molecule has 1 rings (SSSR count). The van der Waals surface area contributed by atoms with Crippen molar-refractivity contribution in [3.8, 4) is 0 Å². The summed E-state index contributed by atoms with van der Waals surface area (Å²) in [5, 5.41) is 11.3. The van der Waals surface area contributed by atoms with Gasteiger partial charge in [0, 0.05) is 0 Å². The maximum Gasteiger partial charge on any atom is 0.272 e. The van der Waals surface area contributed by atoms with Gasteiger partial charge in [-0.3, -0.25) is 0 Å². The van der Waals surface area contributed by atoms with E-state index in [4.69, 9.17) is 0 Å². The van der Waals surface area contributed by atoms with Crippen LogP contribution in [0.4, 0.5) is 0 Å². The quantitative estimate of drug-likeness (QED) is 0.352. The lowest BCUT2D eigenvalue weighted by atomic mass is 10.0. The van der Waals surface area contributed by atoms with E-state index in [0.29, 0.717) is 12.8 Å². The molecular formula is C9H12N2O. The molecule has 0 saturated carbocycles. The van der Waals surface area contributed by atoms with Crippen molar-refractivity contribution in [3.63, 3.8) is 0 Å². The summed E-state index contributed by atoms with van der Waals surface area (Å²) in [6.07, 6.45) is 7.45. The highest BCUT2D eigenvalue weighted by atomic mass is 16.5. The lowest BCUT2D eigenvalue weighted by Gasteiger charge is -2.22. The van der Waals surface area contributed by atoms with E-state index in [1.165, 1.54) is 12.4 Å². The highest BCUT2D eigenvalue weighted by molar-refractivity contribution is 6.14. The Morgan fingerprint density at radius 2 is 2.00 bits per heavy atom. The van der Waals surface area contributed by atoms with Gasteiger partial charge in [0.05, 0.1) is 19.1 Å². The number of hydroxylamine groups is 1. The summed E-state index contributed by atoms with van der Waals surface area (Å²) in [4.78, 5) is 4.12. The average Bonchev–Trinajstić information content (AvgIpc) is 2.35. The van der Waals surface area contributed by atoms with E-state index in [9.17, 15) is 5.21 Å². The van der Waals surface area contributed by atoms with Crippen LogP contribution in [-0.2, 0) is 0 Å². The third-order valence-corrected chi connectivity index (χ3v) is 1.87. The van der Waals surface area contributed by atoms with E-state index in [2.05, 4.69) is 18.2 Å². The largest absolute Gasteiger partial charge is 0.622 e. The van der Waals surface area contributed by atoms with Gasteiger partial charge in [-0.1, -0.05) is 12.2 Å². The second-order valence-corrected chi connectivity index (χ2v) is 2.72. The van der Waals surface area contributed by atoms with Crippen LogP contribution in [0.25, 0.3) is 0 Å². The summed E-state index contributed by atoms with van der Waals surface area (Å²) >= 11 is 0. The van der Waals surface area contributed by atoms with Crippen LogP contribution in [0.5, 0.6) is 0 Å². The highest BCUT2D eigenvalue weighted by Gasteiger charge is 2.37. The molecule has 0 radical (unpaired) electrons. The van der Waals surface area contributed by atoms with Gasteiger partial charge in [0.2, 0.25) is 0 Å². The molecule has 0 aromatic heterocycles. The summed E-state index contributed by atoms with van der Waals surface area (Å²) in [6.45, 7) is 7.20. The second-order valence-electron chi connectivity index (χ2n) is 2.72. The van der Waals surface area contributed by atoms with Gasteiger partial charge >= 0.3 is 0 Å². The molecule has 0 fully saturated rings. The first-order valence-corrected chi connectivity index (χ1v) is 3.82. The third-order valence-electron chi connectivity index (χ3n) is 1.87. The predicted octanol–water partition coefficient (Wildman–Crippen LogP) is 1.50. The van der Waals surface area contributed by atoms with E-state index in [-0.39, 0.29) is 0 Å². The molecule has 0 unspecified atom stereocenters. The van der Waals surface area contributed by atoms with Crippen LogP contribution in [-0.4, -0.2) is 22.8 Å². The minimum atomic E-state index is -0.691. The van der Waals surface area contributed by atoms with Gasteiger partial charge < -0.3 is 5.21 Å². The van der Waals surface area contributed by atoms with Gasteiger partial charge in [0.25, 0.3) is 5.66 Å². The molecule has 1 aliphatic rings. The van der Waals surface area contributed by atoms with Gasteiger partial charge in [-0.05, 0) is 0 Å². The fraction of sp³-hybridized carbons (Fsp3) is 0.333. The molecular weight excluding hydrogens is 152 g/mol. The van der Waals surface area contributed by atoms with Crippen LogP contribution in [0.3, 0.4) is 0 Å². The SMILES string of the molecule is C=CCC1(CC=C)N=CC=[N+]1[O-]. The molecule has 3 heteroatoms. The van der Waals surface area contributed by atoms with Crippen molar-refractivity contribution < 1.29 is 4.74 Å². The monoisotopic (exact) mass is 164 g/mol. The summed E-state index contributed by atoms with van der Waals surface area (Å²) in [5.41, 5.74) is -0.691. The van der Waals surface area contributed by atoms with Crippen molar-refractivity contribution in [2.75, 3.05) is 0 Å². The molecule has 1 heterocycles. The lowest BCUT2D eigenvalue weighted by molar-refractivity contribution is -0.537. The standard InChI is InChI=1S/C9H12N2O/c1-3-5-9(6-4-2)10-7-8-11(9)12/h3-4,7-8H,1-2,5-6H2. The van der Waals surface area contributed by atoms with E-state index in [1.807, 2.05) is 0 Å². The molecule has 64 valence electrons. The molecule has 0 atom stereocenters. The Balaban J connectivity index is 2.86. The van der Waals surface area contributed by atoms with Gasteiger partial charge in [-0.2, -0.15) is 4.74 Å². The number of hydrogen-bond donors (Lipinski definition) is 0. The smallest absolute Gasteiger partial charge is 0.272 e. The Kier molecular flexibility index (Phi) is 2.43. The fourth-order valence-electron chi connectivity index (χ4n) is 1.26. The van der Waals surface area contributed by atoms with Crippen molar-refractivity contribution in [3.05, 3.63) is 30.5 Å². The number of aliphatic imine (C=N–C) groups is 1. The molecule has 0 amide bonds. The topological polar surface area (TPSA) is 38.4 Å². The van der Waals surface area contributed by atoms with Crippen molar-refractivity contribution in [1.29, 1.82) is 0 Å². The van der Waals surface area contributed by atoms with Crippen molar-refractivity contribution in [1.82, 2.24) is 0 Å². The molecule has 0 aromatic rings. The van der Waals surface area contributed by atoms with Crippen molar-refractivity contribution in [2.45, 2.75) is 18.5 Å². The van der Waals surface area contributed by atoms with Crippen LogP contribution < -0.4 is 0 Å². The van der Waals surface area contributed by atoms with E-state index in [0.717, 1.165) is 4.74 Å². The zero-order valence-corrected chi connectivity index (χ0v) is 6.94. The molecule has 0 bridgehead atoms. The molecule has 0 saturated heterocycles. The predicted molar refractivity (Wildman–Crippen MR) is 50.5 cm³/mol. The number of nitrogens with zero attached hydrogens (tertiary/aromatic N) is 2. The second kappa shape index (κ2) is 3.34. The van der Waals surface area contributed by atoms with Crippen LogP contribution in [0.2, 0.25) is 0 Å². The van der Waals surface area contributed by atoms with Crippen molar-refractivity contribution >= 4 is 12.4 Å². The molecule has 0 aliphatic carbocycles. The Labute approximate surface area is 72.0 Å². The van der Waals surface area contributed by atoms with Gasteiger partial charge in [-0.25, -0.2) is 4.99 Å². The average molecular weight is 164 g/mol. The van der Waals surface area contributed by atoms with Gasteiger partial charge in [0.15, 0.2) is 6.21 Å². The molecule has 12 heavy (non-hydrogen) atoms. The zero-order valence-electron chi connectivity index (χ0n) is 6.94. The zero-order chi connectivity index (χ0) is 9.03. The third kappa shape index (κ3) is 1.30.